The van der Waals surface area contributed by atoms with Crippen molar-refractivity contribution in [3.05, 3.63) is 77.9 Å². The molecule has 0 aromatic heterocycles. The summed E-state index contributed by atoms with van der Waals surface area (Å²) in [6.45, 7) is 2.31. The second kappa shape index (κ2) is 10.3. The van der Waals surface area contributed by atoms with E-state index in [4.69, 9.17) is 0 Å². The average Bonchev–Trinajstić information content (AvgIpc) is 3.31. The van der Waals surface area contributed by atoms with Gasteiger partial charge >= 0.3 is 26.2 Å². The number of rotatable bonds is 1. The van der Waals surface area contributed by atoms with Crippen molar-refractivity contribution in [3.8, 4) is 0 Å². The monoisotopic (exact) mass is 538 g/mol. The molecule has 164 valence electrons. The van der Waals surface area contributed by atoms with Crippen LogP contribution in [-0.4, -0.2) is 0 Å². The van der Waals surface area contributed by atoms with E-state index in [1.807, 2.05) is 0 Å². The third-order valence-electron chi connectivity index (χ3n) is 8.17. The van der Waals surface area contributed by atoms with E-state index < -0.39 is 0 Å². The molecule has 3 aromatic carbocycles. The smallest absolute Gasteiger partial charge is 1.00 e. The Morgan fingerprint density at radius 2 is 1.25 bits per heavy atom. The molecule has 0 heterocycles. The zero-order valence-corrected chi connectivity index (χ0v) is 22.7. The first-order valence-electron chi connectivity index (χ1n) is 11.5. The van der Waals surface area contributed by atoms with E-state index in [2.05, 4.69) is 73.7 Å². The van der Waals surface area contributed by atoms with Gasteiger partial charge in [-0.3, -0.25) is 6.08 Å². The SMILES string of the molecule is CC1=CC[C-]=C1C12CC3CC(CC(C3)C1)C2.[Cl-].[Cl-].[Zr+4].c1ccc2c(c1)[cH-]c1ccccc12. The average molecular weight is 541 g/mol. The van der Waals surface area contributed by atoms with Gasteiger partial charge in [-0.05, 0) is 61.7 Å². The first-order chi connectivity index (χ1) is 14.2. The standard InChI is InChI=1S/C16H21.C13H9.2ClH.Zr/c1-11-3-2-4-15(11)16-8-12-5-13(9-16)7-14(6-12)10-16;1-3-7-12-10(5-1)9-11-6-2-4-8-13(11)12;;;/h3,12-14H,2,5-10H2,1H3;1-9H;2*1H;/q2*-1;;;+4/p-2. The van der Waals surface area contributed by atoms with Gasteiger partial charge in [-0.25, -0.2) is 11.1 Å². The van der Waals surface area contributed by atoms with E-state index in [0.29, 0.717) is 5.41 Å². The third-order valence-corrected chi connectivity index (χ3v) is 8.17. The van der Waals surface area contributed by atoms with Crippen molar-refractivity contribution in [2.75, 3.05) is 0 Å². The second-order valence-electron chi connectivity index (χ2n) is 10.2. The molecule has 0 atom stereocenters. The predicted octanol–water partition coefficient (Wildman–Crippen LogP) is 2.00. The Morgan fingerprint density at radius 3 is 1.69 bits per heavy atom. The van der Waals surface area contributed by atoms with Gasteiger partial charge in [0.25, 0.3) is 0 Å². The molecule has 5 aliphatic rings. The maximum atomic E-state index is 3.69. The van der Waals surface area contributed by atoms with Crippen molar-refractivity contribution in [2.45, 2.75) is 51.9 Å². The Bertz CT molecular complexity index is 1050. The van der Waals surface area contributed by atoms with Gasteiger partial charge in [0, 0.05) is 0 Å². The summed E-state index contributed by atoms with van der Waals surface area (Å²) in [5.74, 6) is 3.19. The number of fused-ring (bicyclic) bond motifs is 3. The first kappa shape index (κ1) is 25.9. The van der Waals surface area contributed by atoms with Gasteiger partial charge in [-0.15, -0.1) is 53.1 Å². The van der Waals surface area contributed by atoms with Crippen LogP contribution in [0.15, 0.2) is 71.8 Å². The Morgan fingerprint density at radius 1 is 0.781 bits per heavy atom. The quantitative estimate of drug-likeness (QED) is 0.415. The van der Waals surface area contributed by atoms with Gasteiger partial charge in [0.2, 0.25) is 0 Å². The molecule has 0 amide bonds. The number of benzene rings is 2. The van der Waals surface area contributed by atoms with Crippen LogP contribution in [-0.2, 0) is 26.2 Å². The predicted molar refractivity (Wildman–Crippen MR) is 123 cm³/mol. The summed E-state index contributed by atoms with van der Waals surface area (Å²) in [5.41, 5.74) is 3.79. The van der Waals surface area contributed by atoms with Gasteiger partial charge in [0.15, 0.2) is 0 Å². The van der Waals surface area contributed by atoms with Crippen LogP contribution in [0.2, 0.25) is 0 Å². The number of halogens is 2. The molecule has 0 N–H and O–H groups in total. The van der Waals surface area contributed by atoms with Gasteiger partial charge in [-0.2, -0.15) is 6.08 Å². The Kier molecular flexibility index (Phi) is 8.29. The third kappa shape index (κ3) is 4.47. The molecule has 4 saturated carbocycles. The van der Waals surface area contributed by atoms with Crippen molar-refractivity contribution < 1.29 is 51.0 Å². The van der Waals surface area contributed by atoms with Gasteiger partial charge < -0.3 is 24.8 Å². The van der Waals surface area contributed by atoms with Crippen molar-refractivity contribution in [3.63, 3.8) is 0 Å². The van der Waals surface area contributed by atoms with E-state index in [1.165, 1.54) is 40.8 Å². The minimum atomic E-state index is 0. The van der Waals surface area contributed by atoms with E-state index in [9.17, 15) is 0 Å². The molecule has 0 spiro atoms. The van der Waals surface area contributed by atoms with Crippen LogP contribution in [0.3, 0.4) is 0 Å². The molecule has 3 heteroatoms. The normalized spacial score (nSPS) is 29.2. The summed E-state index contributed by atoms with van der Waals surface area (Å²) in [4.78, 5) is 0. The molecular formula is C29H30Cl2Zr. The van der Waals surface area contributed by atoms with Crippen LogP contribution in [0, 0.1) is 29.2 Å². The van der Waals surface area contributed by atoms with Gasteiger partial charge in [-0.1, -0.05) is 36.4 Å². The van der Waals surface area contributed by atoms with E-state index in [-0.39, 0.29) is 51.0 Å². The van der Waals surface area contributed by atoms with Gasteiger partial charge in [0.1, 0.15) is 0 Å². The molecule has 8 rings (SSSR count). The largest absolute Gasteiger partial charge is 4.00 e. The van der Waals surface area contributed by atoms with Crippen LogP contribution in [0.1, 0.15) is 51.9 Å². The second-order valence-corrected chi connectivity index (χ2v) is 10.2. The summed E-state index contributed by atoms with van der Waals surface area (Å²) in [6.07, 6.45) is 16.3. The number of hydrogen-bond donors (Lipinski definition) is 0. The van der Waals surface area contributed by atoms with Crippen LogP contribution in [0.5, 0.6) is 0 Å². The minimum Gasteiger partial charge on any atom is -1.00 e. The summed E-state index contributed by atoms with van der Waals surface area (Å²) >= 11 is 0. The Balaban J connectivity index is 0.000000168. The van der Waals surface area contributed by atoms with E-state index in [0.717, 1.165) is 24.2 Å². The molecule has 0 unspecified atom stereocenters. The van der Waals surface area contributed by atoms with Crippen molar-refractivity contribution in [1.29, 1.82) is 0 Å². The summed E-state index contributed by atoms with van der Waals surface area (Å²) in [6, 6.07) is 19.3. The van der Waals surface area contributed by atoms with Crippen LogP contribution >= 0.6 is 0 Å². The summed E-state index contributed by atoms with van der Waals surface area (Å²) in [5, 5.41) is 5.39. The van der Waals surface area contributed by atoms with Crippen molar-refractivity contribution in [2.24, 2.45) is 23.2 Å². The van der Waals surface area contributed by atoms with Crippen LogP contribution < -0.4 is 24.8 Å². The maximum absolute atomic E-state index is 3.69. The Labute approximate surface area is 224 Å². The van der Waals surface area contributed by atoms with Crippen LogP contribution in [0.4, 0.5) is 0 Å². The molecule has 5 aliphatic carbocycles. The zero-order chi connectivity index (χ0) is 19.4. The minimum absolute atomic E-state index is 0. The fourth-order valence-corrected chi connectivity index (χ4v) is 7.47. The fraction of sp³-hybridized carbons (Fsp3) is 0.414. The molecule has 32 heavy (non-hydrogen) atoms. The van der Waals surface area contributed by atoms with Crippen molar-refractivity contribution >= 4 is 21.5 Å². The molecule has 4 bridgehead atoms. The van der Waals surface area contributed by atoms with Crippen molar-refractivity contribution in [1.82, 2.24) is 0 Å². The van der Waals surface area contributed by atoms with E-state index >= 15 is 0 Å². The molecular weight excluding hydrogens is 510 g/mol. The Hall–Kier alpha value is -0.747. The first-order valence-corrected chi connectivity index (χ1v) is 11.5. The molecule has 3 aromatic rings. The fourth-order valence-electron chi connectivity index (χ4n) is 7.47. The van der Waals surface area contributed by atoms with E-state index in [1.54, 1.807) is 30.4 Å². The number of allylic oxidation sites excluding steroid dienone is 4. The molecule has 0 radical (unpaired) electrons. The summed E-state index contributed by atoms with van der Waals surface area (Å²) < 4.78 is 0. The van der Waals surface area contributed by atoms with Gasteiger partial charge in [0.05, 0.1) is 0 Å². The zero-order valence-electron chi connectivity index (χ0n) is 18.7. The molecule has 0 saturated heterocycles. The number of hydrogen-bond acceptors (Lipinski definition) is 0. The molecule has 4 fully saturated rings. The molecule has 0 nitrogen and oxygen atoms in total. The molecule has 0 aliphatic heterocycles. The maximum Gasteiger partial charge on any atom is 4.00 e. The topological polar surface area (TPSA) is 0 Å². The summed E-state index contributed by atoms with van der Waals surface area (Å²) in [7, 11) is 0. The van der Waals surface area contributed by atoms with Crippen LogP contribution in [0.25, 0.3) is 21.5 Å².